The van der Waals surface area contributed by atoms with E-state index < -0.39 is 8.03 Å². The molecular weight excluding hydrogens is 331 g/mol. The van der Waals surface area contributed by atoms with Gasteiger partial charge in [0.15, 0.2) is 6.16 Å². The van der Waals surface area contributed by atoms with Gasteiger partial charge in [-0.15, -0.1) is 0 Å². The molecule has 1 unspecified atom stereocenters. The number of hydrogen-bond donors (Lipinski definition) is 1. The van der Waals surface area contributed by atoms with Crippen LogP contribution in [-0.4, -0.2) is 11.1 Å². The molecule has 0 aliphatic carbocycles. The summed E-state index contributed by atoms with van der Waals surface area (Å²) in [5.74, 6) is 0. The molecule has 0 bridgehead atoms. The molecule has 0 amide bonds. The summed E-state index contributed by atoms with van der Waals surface area (Å²) in [5, 5.41) is 0. The average molecular weight is 367 g/mol. The first-order valence-corrected chi connectivity index (χ1v) is 10.5. The largest absolute Gasteiger partial charge is 0.505 e. The molecule has 0 rings (SSSR count). The zero-order valence-corrected chi connectivity index (χ0v) is 16.6. The topological polar surface area (TPSA) is 37.3 Å². The van der Waals surface area contributed by atoms with E-state index in [0.29, 0.717) is 6.16 Å². The van der Waals surface area contributed by atoms with Crippen LogP contribution in [0.2, 0.25) is 0 Å². The molecule has 0 aromatic rings. The third-order valence-electron chi connectivity index (χ3n) is 3.86. The van der Waals surface area contributed by atoms with Gasteiger partial charge in [-0.3, -0.25) is 0 Å². The Hall–Kier alpha value is 0.332. The molecule has 1 atom stereocenters. The van der Waals surface area contributed by atoms with Crippen molar-refractivity contribution in [2.45, 2.75) is 96.8 Å². The Morgan fingerprint density at radius 3 is 1.59 bits per heavy atom. The van der Waals surface area contributed by atoms with Gasteiger partial charge in [-0.1, -0.05) is 70.4 Å². The van der Waals surface area contributed by atoms with E-state index in [-0.39, 0.29) is 17.4 Å². The Bertz CT molecular complexity index is 257. The molecule has 0 saturated heterocycles. The number of rotatable bonds is 16. The second-order valence-electron chi connectivity index (χ2n) is 6.01. The molecule has 2 nitrogen and oxygen atoms in total. The van der Waals surface area contributed by atoms with Crippen LogP contribution in [-0.2, 0) is 21.9 Å². The number of allylic oxidation sites excluding steroid dienone is 2. The van der Waals surface area contributed by atoms with E-state index in [9.17, 15) is 4.57 Å². The van der Waals surface area contributed by atoms with E-state index in [2.05, 4.69) is 19.1 Å². The summed E-state index contributed by atoms with van der Waals surface area (Å²) < 4.78 is 10.5. The van der Waals surface area contributed by atoms with Gasteiger partial charge in [-0.2, -0.15) is 4.89 Å². The number of hydrogen-bond acceptors (Lipinski definition) is 1. The molecule has 0 radical (unpaired) electrons. The number of unbranched alkanes of at least 4 members (excludes halogenated alkanes) is 12. The Morgan fingerprint density at radius 1 is 0.727 bits per heavy atom. The molecule has 130 valence electrons. The molecule has 0 saturated carbocycles. The predicted molar refractivity (Wildman–Crippen MR) is 94.1 cm³/mol. The van der Waals surface area contributed by atoms with E-state index >= 15 is 0 Å². The van der Waals surface area contributed by atoms with Gasteiger partial charge in [0.05, 0.1) is 0 Å². The summed E-state index contributed by atoms with van der Waals surface area (Å²) in [5.41, 5.74) is 0. The molecule has 0 aliphatic rings. The quantitative estimate of drug-likeness (QED) is 0.186. The standard InChI is InChI=1S/C18H35O2P.Cr/c1-2-3-4-5-6-7-8-9-10-11-12-13-14-15-16-17-18-21(19)20;/h9-10H,2-8,11-18H2,1H3;/p+1/b10-9-;. The molecule has 0 aliphatic heterocycles. The van der Waals surface area contributed by atoms with Crippen molar-refractivity contribution in [3.8, 4) is 0 Å². The average Bonchev–Trinajstić information content (AvgIpc) is 2.46. The third-order valence-corrected chi connectivity index (χ3v) is 4.56. The molecular formula is C18H36CrO2P+. The first-order chi connectivity index (χ1) is 10.3. The molecule has 1 N–H and O–H groups in total. The van der Waals surface area contributed by atoms with Crippen LogP contribution in [0.4, 0.5) is 0 Å². The summed E-state index contributed by atoms with van der Waals surface area (Å²) in [6, 6.07) is 0. The Balaban J connectivity index is 0. The van der Waals surface area contributed by atoms with E-state index in [4.69, 9.17) is 4.89 Å². The maximum absolute atomic E-state index is 10.5. The van der Waals surface area contributed by atoms with Gasteiger partial charge in [-0.05, 0) is 43.1 Å². The van der Waals surface area contributed by atoms with Crippen molar-refractivity contribution in [2.75, 3.05) is 6.16 Å². The van der Waals surface area contributed by atoms with Crippen LogP contribution in [0.3, 0.4) is 0 Å². The van der Waals surface area contributed by atoms with E-state index in [1.165, 1.54) is 77.0 Å². The summed E-state index contributed by atoms with van der Waals surface area (Å²) >= 11 is 0. The van der Waals surface area contributed by atoms with Crippen molar-refractivity contribution in [1.29, 1.82) is 0 Å². The Kier molecular flexibility index (Phi) is 23.8. The molecule has 0 aromatic heterocycles. The van der Waals surface area contributed by atoms with Gasteiger partial charge in [0.1, 0.15) is 0 Å². The Morgan fingerprint density at radius 2 is 1.14 bits per heavy atom. The van der Waals surface area contributed by atoms with E-state index in [1.54, 1.807) is 0 Å². The second-order valence-corrected chi connectivity index (χ2v) is 7.17. The van der Waals surface area contributed by atoms with Crippen LogP contribution in [0.15, 0.2) is 12.2 Å². The predicted octanol–water partition coefficient (Wildman–Crippen LogP) is 6.76. The summed E-state index contributed by atoms with van der Waals surface area (Å²) in [6.07, 6.45) is 23.1. The first-order valence-electron chi connectivity index (χ1n) is 9.06. The summed E-state index contributed by atoms with van der Waals surface area (Å²) in [4.78, 5) is 8.67. The first kappa shape index (κ1) is 24.6. The molecule has 0 aromatic carbocycles. The van der Waals surface area contributed by atoms with E-state index in [1.807, 2.05) is 0 Å². The van der Waals surface area contributed by atoms with Crippen LogP contribution < -0.4 is 0 Å². The van der Waals surface area contributed by atoms with Crippen molar-refractivity contribution in [3.05, 3.63) is 12.2 Å². The third kappa shape index (κ3) is 22.6. The van der Waals surface area contributed by atoms with Crippen molar-refractivity contribution >= 4 is 8.03 Å². The van der Waals surface area contributed by atoms with Crippen LogP contribution in [0.25, 0.3) is 0 Å². The van der Waals surface area contributed by atoms with Crippen molar-refractivity contribution in [2.24, 2.45) is 0 Å². The zero-order chi connectivity index (χ0) is 15.6. The van der Waals surface area contributed by atoms with E-state index in [0.717, 1.165) is 12.8 Å². The SMILES string of the molecule is CCCCCCCC/C=C\CCCCCCCC[P+](=O)O.[Cr]. The minimum atomic E-state index is -1.90. The maximum Gasteiger partial charge on any atom is 0.505 e. The smallest absolute Gasteiger partial charge is 0.161 e. The normalized spacial score (nSPS) is 11.6. The van der Waals surface area contributed by atoms with Gasteiger partial charge < -0.3 is 0 Å². The monoisotopic (exact) mass is 367 g/mol. The van der Waals surface area contributed by atoms with Crippen LogP contribution in [0.5, 0.6) is 0 Å². The van der Waals surface area contributed by atoms with Gasteiger partial charge in [0.2, 0.25) is 0 Å². The van der Waals surface area contributed by atoms with Crippen LogP contribution in [0.1, 0.15) is 96.8 Å². The van der Waals surface area contributed by atoms with Crippen LogP contribution >= 0.6 is 8.03 Å². The fraction of sp³-hybridized carbons (Fsp3) is 0.889. The molecule has 0 spiro atoms. The van der Waals surface area contributed by atoms with Crippen LogP contribution in [0, 0.1) is 0 Å². The van der Waals surface area contributed by atoms with Crippen molar-refractivity contribution < 1.29 is 26.8 Å². The molecule has 4 heteroatoms. The van der Waals surface area contributed by atoms with Crippen molar-refractivity contribution in [3.63, 3.8) is 0 Å². The van der Waals surface area contributed by atoms with Crippen molar-refractivity contribution in [1.82, 2.24) is 0 Å². The maximum atomic E-state index is 10.5. The molecule has 0 heterocycles. The second kappa shape index (κ2) is 21.3. The minimum absolute atomic E-state index is 0. The fourth-order valence-corrected chi connectivity index (χ4v) is 2.99. The molecule has 22 heavy (non-hydrogen) atoms. The zero-order valence-electron chi connectivity index (χ0n) is 14.5. The fourth-order valence-electron chi connectivity index (χ4n) is 2.49. The molecule has 0 fully saturated rings. The minimum Gasteiger partial charge on any atom is -0.161 e. The summed E-state index contributed by atoms with van der Waals surface area (Å²) in [7, 11) is -1.90. The Labute approximate surface area is 150 Å². The van der Waals surface area contributed by atoms with Gasteiger partial charge in [-0.25, -0.2) is 0 Å². The van der Waals surface area contributed by atoms with Gasteiger partial charge in [0, 0.05) is 17.4 Å². The summed E-state index contributed by atoms with van der Waals surface area (Å²) in [6.45, 7) is 2.26. The van der Waals surface area contributed by atoms with Gasteiger partial charge in [0.25, 0.3) is 0 Å². The van der Waals surface area contributed by atoms with Gasteiger partial charge >= 0.3 is 8.03 Å².